The fourth-order valence-electron chi connectivity index (χ4n) is 2.77. The molecule has 0 spiro atoms. The standard InChI is InChI=1S/C22H29NS/c1-6-8-17(9-7-2)21(18-14-15-24-16-18)23-20-12-10-19(11-13-20)22(3,4)5/h6,10-16,23H,1,7-9H2,2-5H3/b21-17+. The first-order chi connectivity index (χ1) is 11.5. The number of hydrogen-bond donors (Lipinski definition) is 1. The molecule has 128 valence electrons. The molecule has 0 atom stereocenters. The molecular weight excluding hydrogens is 310 g/mol. The minimum Gasteiger partial charge on any atom is -0.355 e. The van der Waals surface area contributed by atoms with Gasteiger partial charge in [-0.25, -0.2) is 0 Å². The summed E-state index contributed by atoms with van der Waals surface area (Å²) in [6.07, 6.45) is 5.15. The van der Waals surface area contributed by atoms with Crippen LogP contribution in [0, 0.1) is 0 Å². The molecule has 0 saturated carbocycles. The molecule has 0 aliphatic rings. The van der Waals surface area contributed by atoms with E-state index in [1.165, 1.54) is 22.4 Å². The van der Waals surface area contributed by atoms with Crippen molar-refractivity contribution in [1.29, 1.82) is 0 Å². The zero-order chi connectivity index (χ0) is 17.6. The third kappa shape index (κ3) is 4.85. The van der Waals surface area contributed by atoms with Crippen molar-refractivity contribution >= 4 is 22.7 Å². The predicted molar refractivity (Wildman–Crippen MR) is 110 cm³/mol. The van der Waals surface area contributed by atoms with Gasteiger partial charge in [-0.3, -0.25) is 0 Å². The number of rotatable bonds is 7. The van der Waals surface area contributed by atoms with Crippen LogP contribution >= 0.6 is 11.3 Å². The smallest absolute Gasteiger partial charge is 0.0461 e. The van der Waals surface area contributed by atoms with Crippen LogP contribution in [0.1, 0.15) is 58.1 Å². The third-order valence-electron chi connectivity index (χ3n) is 4.13. The second kappa shape index (κ2) is 8.34. The summed E-state index contributed by atoms with van der Waals surface area (Å²) in [5, 5.41) is 8.02. The molecule has 2 aromatic rings. The van der Waals surface area contributed by atoms with E-state index in [0.29, 0.717) is 0 Å². The van der Waals surface area contributed by atoms with Crippen LogP contribution < -0.4 is 5.32 Å². The maximum Gasteiger partial charge on any atom is 0.0461 e. The Hall–Kier alpha value is -1.80. The average Bonchev–Trinajstić information content (AvgIpc) is 3.06. The van der Waals surface area contributed by atoms with Crippen molar-refractivity contribution in [3.8, 4) is 0 Å². The first kappa shape index (κ1) is 18.5. The summed E-state index contributed by atoms with van der Waals surface area (Å²) in [5.41, 5.74) is 6.61. The van der Waals surface area contributed by atoms with E-state index in [1.807, 2.05) is 6.08 Å². The Labute approximate surface area is 151 Å². The Bertz CT molecular complexity index is 670. The van der Waals surface area contributed by atoms with Crippen molar-refractivity contribution in [2.75, 3.05) is 5.32 Å². The number of anilines is 1. The molecule has 0 radical (unpaired) electrons. The normalized spacial score (nSPS) is 12.7. The van der Waals surface area contributed by atoms with Crippen molar-refractivity contribution in [2.24, 2.45) is 0 Å². The molecule has 2 rings (SSSR count). The lowest BCUT2D eigenvalue weighted by atomic mass is 9.87. The van der Waals surface area contributed by atoms with Crippen molar-refractivity contribution < 1.29 is 0 Å². The highest BCUT2D eigenvalue weighted by Crippen LogP contribution is 2.29. The van der Waals surface area contributed by atoms with Gasteiger partial charge in [-0.1, -0.05) is 52.3 Å². The van der Waals surface area contributed by atoms with Crippen molar-refractivity contribution in [3.05, 3.63) is 70.4 Å². The second-order valence-electron chi connectivity index (χ2n) is 7.19. The molecule has 1 N–H and O–H groups in total. The number of allylic oxidation sites excluding steroid dienone is 2. The highest BCUT2D eigenvalue weighted by Gasteiger charge is 2.14. The van der Waals surface area contributed by atoms with Gasteiger partial charge in [-0.2, -0.15) is 11.3 Å². The van der Waals surface area contributed by atoms with Gasteiger partial charge in [0, 0.05) is 22.3 Å². The van der Waals surface area contributed by atoms with Crippen LogP contribution in [-0.4, -0.2) is 0 Å². The van der Waals surface area contributed by atoms with E-state index in [0.717, 1.165) is 24.9 Å². The SMILES string of the molecule is C=CC/C(CCC)=C(\Nc1ccc(C(C)(C)C)cc1)c1ccsc1. The molecular formula is C22H29NS. The summed E-state index contributed by atoms with van der Waals surface area (Å²) in [6, 6.07) is 11.0. The fraction of sp³-hybridized carbons (Fsp3) is 0.364. The molecule has 1 nitrogen and oxygen atoms in total. The highest BCUT2D eigenvalue weighted by atomic mass is 32.1. The quantitative estimate of drug-likeness (QED) is 0.524. The maximum absolute atomic E-state index is 3.93. The first-order valence-corrected chi connectivity index (χ1v) is 9.63. The summed E-state index contributed by atoms with van der Waals surface area (Å²) >= 11 is 1.74. The summed E-state index contributed by atoms with van der Waals surface area (Å²) < 4.78 is 0. The summed E-state index contributed by atoms with van der Waals surface area (Å²) in [4.78, 5) is 0. The van der Waals surface area contributed by atoms with Gasteiger partial charge in [0.2, 0.25) is 0 Å². The molecule has 0 amide bonds. The summed E-state index contributed by atoms with van der Waals surface area (Å²) in [6.45, 7) is 12.9. The average molecular weight is 340 g/mol. The van der Waals surface area contributed by atoms with Gasteiger partial charge in [0.15, 0.2) is 0 Å². The Morgan fingerprint density at radius 1 is 1.17 bits per heavy atom. The minimum atomic E-state index is 0.181. The molecule has 1 heterocycles. The zero-order valence-corrected chi connectivity index (χ0v) is 16.2. The number of thiophene rings is 1. The van der Waals surface area contributed by atoms with Gasteiger partial charge < -0.3 is 5.32 Å². The largest absolute Gasteiger partial charge is 0.355 e. The van der Waals surface area contributed by atoms with Crippen LogP contribution in [0.2, 0.25) is 0 Å². The molecule has 24 heavy (non-hydrogen) atoms. The summed E-state index contributed by atoms with van der Waals surface area (Å²) in [5.74, 6) is 0. The molecule has 1 aromatic carbocycles. The lowest BCUT2D eigenvalue weighted by Gasteiger charge is -2.20. The molecule has 0 saturated heterocycles. The first-order valence-electron chi connectivity index (χ1n) is 8.68. The van der Waals surface area contributed by atoms with Gasteiger partial charge >= 0.3 is 0 Å². The molecule has 2 heteroatoms. The van der Waals surface area contributed by atoms with Crippen LogP contribution in [-0.2, 0) is 5.41 Å². The van der Waals surface area contributed by atoms with Gasteiger partial charge in [-0.05, 0) is 53.0 Å². The van der Waals surface area contributed by atoms with E-state index < -0.39 is 0 Å². The van der Waals surface area contributed by atoms with E-state index in [4.69, 9.17) is 0 Å². The highest BCUT2D eigenvalue weighted by molar-refractivity contribution is 7.08. The Kier molecular flexibility index (Phi) is 6.44. The maximum atomic E-state index is 3.93. The zero-order valence-electron chi connectivity index (χ0n) is 15.4. The van der Waals surface area contributed by atoms with E-state index in [2.05, 4.69) is 80.7 Å². The van der Waals surface area contributed by atoms with E-state index in [-0.39, 0.29) is 5.41 Å². The van der Waals surface area contributed by atoms with Gasteiger partial charge in [0.25, 0.3) is 0 Å². The van der Waals surface area contributed by atoms with Crippen LogP contribution in [0.15, 0.2) is 59.3 Å². The van der Waals surface area contributed by atoms with Gasteiger partial charge in [-0.15, -0.1) is 6.58 Å². The molecule has 0 aliphatic heterocycles. The second-order valence-corrected chi connectivity index (χ2v) is 7.97. The number of nitrogens with one attached hydrogen (secondary N) is 1. The van der Waals surface area contributed by atoms with Crippen molar-refractivity contribution in [1.82, 2.24) is 0 Å². The van der Waals surface area contributed by atoms with Crippen LogP contribution in [0.4, 0.5) is 5.69 Å². The Balaban J connectivity index is 2.35. The van der Waals surface area contributed by atoms with E-state index >= 15 is 0 Å². The molecule has 1 aromatic heterocycles. The third-order valence-corrected chi connectivity index (χ3v) is 4.81. The monoisotopic (exact) mass is 339 g/mol. The molecule has 0 fully saturated rings. The van der Waals surface area contributed by atoms with E-state index in [1.54, 1.807) is 11.3 Å². The van der Waals surface area contributed by atoms with Crippen LogP contribution in [0.25, 0.3) is 5.70 Å². The molecule has 0 bridgehead atoms. The number of benzene rings is 1. The van der Waals surface area contributed by atoms with Crippen molar-refractivity contribution in [2.45, 2.75) is 52.4 Å². The van der Waals surface area contributed by atoms with Gasteiger partial charge in [0.1, 0.15) is 0 Å². The van der Waals surface area contributed by atoms with Crippen molar-refractivity contribution in [3.63, 3.8) is 0 Å². The molecule has 0 aliphatic carbocycles. The topological polar surface area (TPSA) is 12.0 Å². The lowest BCUT2D eigenvalue weighted by Crippen LogP contribution is -2.11. The number of hydrogen-bond acceptors (Lipinski definition) is 2. The van der Waals surface area contributed by atoms with Crippen LogP contribution in [0.3, 0.4) is 0 Å². The Morgan fingerprint density at radius 2 is 1.88 bits per heavy atom. The Morgan fingerprint density at radius 3 is 2.38 bits per heavy atom. The van der Waals surface area contributed by atoms with Gasteiger partial charge in [0.05, 0.1) is 0 Å². The van der Waals surface area contributed by atoms with Crippen LogP contribution in [0.5, 0.6) is 0 Å². The summed E-state index contributed by atoms with van der Waals surface area (Å²) in [7, 11) is 0. The van der Waals surface area contributed by atoms with E-state index in [9.17, 15) is 0 Å². The molecule has 0 unspecified atom stereocenters. The minimum absolute atomic E-state index is 0.181. The predicted octanol–water partition coefficient (Wildman–Crippen LogP) is 7.25. The lowest BCUT2D eigenvalue weighted by molar-refractivity contribution is 0.590. The fourth-order valence-corrected chi connectivity index (χ4v) is 3.42.